The van der Waals surface area contributed by atoms with Gasteiger partial charge in [0.2, 0.25) is 11.8 Å². The van der Waals surface area contributed by atoms with Gasteiger partial charge in [-0.15, -0.1) is 11.6 Å². The van der Waals surface area contributed by atoms with E-state index in [4.69, 9.17) is 22.1 Å². The second-order valence-corrected chi connectivity index (χ2v) is 8.87. The lowest BCUT2D eigenvalue weighted by Gasteiger charge is -2.42. The van der Waals surface area contributed by atoms with Crippen molar-refractivity contribution in [2.45, 2.75) is 44.7 Å². The molecule has 0 bridgehead atoms. The lowest BCUT2D eigenvalue weighted by molar-refractivity contribution is -0.121. The Morgan fingerprint density at radius 1 is 1.31 bits per heavy atom. The molecule has 0 aromatic heterocycles. The molecule has 1 atom stereocenters. The first-order valence-corrected chi connectivity index (χ1v) is 9.99. The van der Waals surface area contributed by atoms with Crippen molar-refractivity contribution in [2.75, 3.05) is 29.6 Å². The Morgan fingerprint density at radius 2 is 2.00 bits per heavy atom. The number of nitrogens with zero attached hydrogens (tertiary/aromatic N) is 3. The zero-order valence-electron chi connectivity index (χ0n) is 17.2. The molecular formula is C21H27ClN4O3. The second kappa shape index (κ2) is 8.16. The van der Waals surface area contributed by atoms with E-state index in [2.05, 4.69) is 4.99 Å². The highest BCUT2D eigenvalue weighted by molar-refractivity contribution is 6.36. The maximum Gasteiger partial charge on any atom is 0.247 e. The third kappa shape index (κ3) is 4.31. The predicted octanol–water partition coefficient (Wildman–Crippen LogP) is 2.56. The van der Waals surface area contributed by atoms with Crippen LogP contribution in [-0.4, -0.2) is 54.7 Å². The Bertz CT molecular complexity index is 871. The maximum atomic E-state index is 13.0. The molecule has 156 valence electrons. The zero-order valence-corrected chi connectivity index (χ0v) is 17.9. The molecule has 7 nitrogen and oxygen atoms in total. The van der Waals surface area contributed by atoms with Crippen LogP contribution < -0.4 is 15.5 Å². The van der Waals surface area contributed by atoms with Crippen molar-refractivity contribution in [2.24, 2.45) is 10.7 Å². The van der Waals surface area contributed by atoms with Crippen molar-refractivity contribution in [3.63, 3.8) is 0 Å². The lowest BCUT2D eigenvalue weighted by Crippen LogP contribution is -2.54. The number of aliphatic imine (C=N–C) groups is 1. The highest BCUT2D eigenvalue weighted by Crippen LogP contribution is 2.39. The summed E-state index contributed by atoms with van der Waals surface area (Å²) in [5, 5.41) is 0. The van der Waals surface area contributed by atoms with E-state index in [1.807, 2.05) is 25.1 Å². The molecule has 2 aliphatic heterocycles. The number of hydrogen-bond donors (Lipinski definition) is 1. The minimum absolute atomic E-state index is 0.0788. The standard InChI is InChI=1S/C21H27ClN4O3/c1-13-10-25(20(28)21(3,4)22)19-7-15(5-6-18(19)26(13)14(2)27)16(8-23)9-24-17-11-29-12-17/h5-9,13,17H,10-12,23H2,1-4H3/b16-8+,24-9?/t13-/m0/s1. The molecule has 2 amide bonds. The number of nitrogens with two attached hydrogens (primary N) is 1. The van der Waals surface area contributed by atoms with Crippen molar-refractivity contribution in [1.29, 1.82) is 0 Å². The number of alkyl halides is 1. The highest BCUT2D eigenvalue weighted by atomic mass is 35.5. The van der Waals surface area contributed by atoms with E-state index in [-0.39, 0.29) is 23.9 Å². The third-order valence-corrected chi connectivity index (χ3v) is 5.23. The van der Waals surface area contributed by atoms with Crippen LogP contribution in [0.4, 0.5) is 11.4 Å². The summed E-state index contributed by atoms with van der Waals surface area (Å²) in [7, 11) is 0. The maximum absolute atomic E-state index is 13.0. The van der Waals surface area contributed by atoms with Gasteiger partial charge >= 0.3 is 0 Å². The fourth-order valence-electron chi connectivity index (χ4n) is 3.51. The first kappa shape index (κ1) is 21.3. The van der Waals surface area contributed by atoms with Gasteiger partial charge in [-0.2, -0.15) is 0 Å². The van der Waals surface area contributed by atoms with Gasteiger partial charge in [0.1, 0.15) is 4.87 Å². The number of benzene rings is 1. The summed E-state index contributed by atoms with van der Waals surface area (Å²) in [5.74, 6) is -0.295. The summed E-state index contributed by atoms with van der Waals surface area (Å²) in [5.41, 5.74) is 8.68. The van der Waals surface area contributed by atoms with Crippen LogP contribution >= 0.6 is 11.6 Å². The van der Waals surface area contributed by atoms with Gasteiger partial charge in [0.05, 0.1) is 36.7 Å². The number of amides is 2. The molecule has 2 aliphatic rings. The highest BCUT2D eigenvalue weighted by Gasteiger charge is 2.38. The van der Waals surface area contributed by atoms with Gasteiger partial charge < -0.3 is 20.3 Å². The van der Waals surface area contributed by atoms with E-state index < -0.39 is 4.87 Å². The van der Waals surface area contributed by atoms with E-state index in [0.717, 1.165) is 11.1 Å². The molecule has 8 heteroatoms. The second-order valence-electron chi connectivity index (χ2n) is 7.92. The number of allylic oxidation sites excluding steroid dienone is 1. The molecule has 2 N–H and O–H groups in total. The average molecular weight is 419 g/mol. The van der Waals surface area contributed by atoms with Gasteiger partial charge in [-0.3, -0.25) is 14.6 Å². The molecule has 0 unspecified atom stereocenters. The van der Waals surface area contributed by atoms with Crippen LogP contribution in [0.2, 0.25) is 0 Å². The largest absolute Gasteiger partial charge is 0.404 e. The molecule has 0 radical (unpaired) electrons. The van der Waals surface area contributed by atoms with Gasteiger partial charge in [0, 0.05) is 31.5 Å². The molecule has 0 spiro atoms. The third-order valence-electron chi connectivity index (χ3n) is 5.06. The molecule has 1 aromatic carbocycles. The van der Waals surface area contributed by atoms with Gasteiger partial charge in [-0.05, 0) is 38.5 Å². The lowest BCUT2D eigenvalue weighted by atomic mass is 10.00. The normalized spacial score (nSPS) is 20.6. The molecule has 29 heavy (non-hydrogen) atoms. The Kier molecular flexibility index (Phi) is 6.00. The molecule has 0 saturated carbocycles. The summed E-state index contributed by atoms with van der Waals surface area (Å²) in [6.07, 6.45) is 3.21. The van der Waals surface area contributed by atoms with Gasteiger partial charge in [-0.1, -0.05) is 6.07 Å². The molecule has 1 saturated heterocycles. The van der Waals surface area contributed by atoms with Crippen molar-refractivity contribution in [3.8, 4) is 0 Å². The van der Waals surface area contributed by atoms with Gasteiger partial charge in [0.15, 0.2) is 0 Å². The summed E-state index contributed by atoms with van der Waals surface area (Å²) in [6, 6.07) is 5.56. The summed E-state index contributed by atoms with van der Waals surface area (Å²) < 4.78 is 5.14. The van der Waals surface area contributed by atoms with Gasteiger partial charge in [0.25, 0.3) is 0 Å². The van der Waals surface area contributed by atoms with Crippen molar-refractivity contribution in [3.05, 3.63) is 30.0 Å². The van der Waals surface area contributed by atoms with E-state index >= 15 is 0 Å². The number of anilines is 2. The number of carbonyl (C=O) groups is 2. The van der Waals surface area contributed by atoms with Crippen molar-refractivity contribution in [1.82, 2.24) is 0 Å². The fourth-order valence-corrected chi connectivity index (χ4v) is 3.61. The fraction of sp³-hybridized carbons (Fsp3) is 0.476. The van der Waals surface area contributed by atoms with Crippen LogP contribution in [0.1, 0.15) is 33.3 Å². The molecule has 2 heterocycles. The predicted molar refractivity (Wildman–Crippen MR) is 117 cm³/mol. The Hall–Kier alpha value is -2.38. The number of carbonyl (C=O) groups excluding carboxylic acids is 2. The molecule has 3 rings (SSSR count). The Balaban J connectivity index is 2.05. The van der Waals surface area contributed by atoms with E-state index in [1.54, 1.807) is 29.9 Å². The number of fused-ring (bicyclic) bond motifs is 1. The number of hydrogen-bond acceptors (Lipinski definition) is 5. The summed E-state index contributed by atoms with van der Waals surface area (Å²) in [4.78, 5) is 32.1. The van der Waals surface area contributed by atoms with Crippen LogP contribution in [0, 0.1) is 0 Å². The first-order chi connectivity index (χ1) is 13.6. The van der Waals surface area contributed by atoms with Crippen LogP contribution in [0.5, 0.6) is 0 Å². The van der Waals surface area contributed by atoms with Crippen LogP contribution in [0.25, 0.3) is 5.57 Å². The Labute approximate surface area is 176 Å². The summed E-state index contributed by atoms with van der Waals surface area (Å²) in [6.45, 7) is 8.35. The minimum Gasteiger partial charge on any atom is -0.404 e. The monoisotopic (exact) mass is 418 g/mol. The molecule has 1 aromatic rings. The quantitative estimate of drug-likeness (QED) is 0.601. The summed E-state index contributed by atoms with van der Waals surface area (Å²) >= 11 is 6.33. The molecule has 0 aliphatic carbocycles. The number of halogens is 1. The van der Waals surface area contributed by atoms with Crippen LogP contribution in [-0.2, 0) is 14.3 Å². The average Bonchev–Trinajstić information content (AvgIpc) is 2.61. The molecule has 1 fully saturated rings. The first-order valence-electron chi connectivity index (χ1n) is 9.61. The molecular weight excluding hydrogens is 392 g/mol. The van der Waals surface area contributed by atoms with E-state index in [1.165, 1.54) is 13.1 Å². The van der Waals surface area contributed by atoms with Crippen molar-refractivity contribution >= 4 is 46.6 Å². The smallest absolute Gasteiger partial charge is 0.247 e. The number of ether oxygens (including phenoxy) is 1. The minimum atomic E-state index is -1.07. The van der Waals surface area contributed by atoms with E-state index in [9.17, 15) is 9.59 Å². The van der Waals surface area contributed by atoms with Crippen LogP contribution in [0.3, 0.4) is 0 Å². The SMILES string of the molecule is CC(=O)N1c2ccc(/C(C=NC3COC3)=C/N)cc2N(C(=O)C(C)(C)Cl)C[C@@H]1C. The van der Waals surface area contributed by atoms with Crippen molar-refractivity contribution < 1.29 is 14.3 Å². The zero-order chi connectivity index (χ0) is 21.3. The van der Waals surface area contributed by atoms with Gasteiger partial charge in [-0.25, -0.2) is 0 Å². The Morgan fingerprint density at radius 3 is 2.52 bits per heavy atom. The van der Waals surface area contributed by atoms with Crippen LogP contribution in [0.15, 0.2) is 29.4 Å². The van der Waals surface area contributed by atoms with E-state index in [0.29, 0.717) is 31.1 Å². The topological polar surface area (TPSA) is 88.2 Å². The number of rotatable bonds is 4.